The van der Waals surface area contributed by atoms with E-state index in [2.05, 4.69) is 104 Å². The summed E-state index contributed by atoms with van der Waals surface area (Å²) in [7, 11) is 0. The quantitative estimate of drug-likeness (QED) is 0.0204. The summed E-state index contributed by atoms with van der Waals surface area (Å²) in [6.45, 7) is 2.70. The average Bonchev–Trinajstić information content (AvgIpc) is 0.854. The Balaban J connectivity index is 1.67. The summed E-state index contributed by atoms with van der Waals surface area (Å²) in [4.78, 5) is 13.4. The first-order valence-electron chi connectivity index (χ1n) is 38.0. The average molecular weight is 1310 g/mol. The Bertz CT molecular complexity index is 1930. The van der Waals surface area contributed by atoms with Crippen LogP contribution in [-0.2, 0) is 23.7 Å². The summed E-state index contributed by atoms with van der Waals surface area (Å²) in [6, 6.07) is -0.935. The lowest BCUT2D eigenvalue weighted by Gasteiger charge is -2.46. The van der Waals surface area contributed by atoms with Gasteiger partial charge in [-0.15, -0.1) is 0 Å². The van der Waals surface area contributed by atoms with Crippen molar-refractivity contribution in [2.45, 2.75) is 376 Å². The molecule has 2 rings (SSSR count). The Morgan fingerprint density at radius 3 is 1.14 bits per heavy atom. The van der Waals surface area contributed by atoms with Crippen molar-refractivity contribution in [2.75, 3.05) is 19.8 Å². The molecule has 0 aromatic rings. The highest BCUT2D eigenvalue weighted by molar-refractivity contribution is 5.76. The molecule has 0 aliphatic carbocycles. The summed E-state index contributed by atoms with van der Waals surface area (Å²) in [6.07, 6.45) is 71.8. The van der Waals surface area contributed by atoms with Crippen LogP contribution in [0, 0.1) is 0 Å². The van der Waals surface area contributed by atoms with Crippen LogP contribution in [0.3, 0.4) is 0 Å². The van der Waals surface area contributed by atoms with Crippen LogP contribution < -0.4 is 5.32 Å². The van der Waals surface area contributed by atoms with Gasteiger partial charge in [0.1, 0.15) is 48.8 Å². The second kappa shape index (κ2) is 62.4. The molecular weight excluding hydrogens is 1170 g/mol. The molecule has 2 aliphatic rings. The maximum atomic E-state index is 13.4. The largest absolute Gasteiger partial charge is 0.394 e. The smallest absolute Gasteiger partial charge is 0.220 e. The molecule has 0 aromatic carbocycles. The number of amides is 1. The van der Waals surface area contributed by atoms with Crippen molar-refractivity contribution in [3.8, 4) is 0 Å². The lowest BCUT2D eigenvalue weighted by Crippen LogP contribution is -2.65. The van der Waals surface area contributed by atoms with E-state index in [1.54, 1.807) is 6.08 Å². The molecule has 2 aliphatic heterocycles. The predicted molar refractivity (Wildman–Crippen MR) is 383 cm³/mol. The van der Waals surface area contributed by atoms with E-state index in [1.165, 1.54) is 180 Å². The van der Waals surface area contributed by atoms with Crippen LogP contribution in [-0.4, -0.2) is 140 Å². The van der Waals surface area contributed by atoms with Gasteiger partial charge in [0.2, 0.25) is 5.91 Å². The van der Waals surface area contributed by atoms with Gasteiger partial charge >= 0.3 is 0 Å². The van der Waals surface area contributed by atoms with E-state index >= 15 is 0 Å². The van der Waals surface area contributed by atoms with Gasteiger partial charge in [0.25, 0.3) is 0 Å². The molecule has 2 saturated heterocycles. The van der Waals surface area contributed by atoms with Crippen molar-refractivity contribution in [3.05, 3.63) is 97.2 Å². The number of hydrogen-bond acceptors (Lipinski definition) is 13. The van der Waals surface area contributed by atoms with Crippen molar-refractivity contribution in [1.82, 2.24) is 5.32 Å². The third kappa shape index (κ3) is 45.9. The molecule has 14 heteroatoms. The molecule has 12 atom stereocenters. The fourth-order valence-corrected chi connectivity index (χ4v) is 12.0. The van der Waals surface area contributed by atoms with Crippen LogP contribution in [0.15, 0.2) is 97.2 Å². The van der Waals surface area contributed by atoms with Crippen LogP contribution in [0.4, 0.5) is 0 Å². The Hall–Kier alpha value is -3.09. The van der Waals surface area contributed by atoms with Crippen molar-refractivity contribution < 1.29 is 64.6 Å². The predicted octanol–water partition coefficient (Wildman–Crippen LogP) is 16.5. The minimum Gasteiger partial charge on any atom is -0.394 e. The number of ether oxygens (including phenoxy) is 4. The van der Waals surface area contributed by atoms with E-state index in [9.17, 15) is 45.6 Å². The first-order valence-corrected chi connectivity index (χ1v) is 38.0. The lowest BCUT2D eigenvalue weighted by atomic mass is 9.97. The molecule has 2 fully saturated rings. The summed E-state index contributed by atoms with van der Waals surface area (Å²) in [5.41, 5.74) is 0. The van der Waals surface area contributed by atoms with Gasteiger partial charge in [-0.1, -0.05) is 317 Å². The molecule has 12 unspecified atom stereocenters. The fourth-order valence-electron chi connectivity index (χ4n) is 12.0. The molecule has 1 amide bonds. The molecule has 2 heterocycles. The zero-order valence-corrected chi connectivity index (χ0v) is 58.7. The first kappa shape index (κ1) is 86.0. The maximum Gasteiger partial charge on any atom is 0.220 e. The maximum absolute atomic E-state index is 13.4. The number of aliphatic hydroxyl groups is 8. The second-order valence-corrected chi connectivity index (χ2v) is 26.4. The monoisotopic (exact) mass is 1310 g/mol. The van der Waals surface area contributed by atoms with Crippen molar-refractivity contribution in [2.24, 2.45) is 0 Å². The van der Waals surface area contributed by atoms with Gasteiger partial charge in [-0.3, -0.25) is 4.79 Å². The fraction of sp³-hybridized carbons (Fsp3) is 0.785. The Kier molecular flexibility index (Phi) is 57.7. The molecule has 0 radical (unpaired) electrons. The molecule has 93 heavy (non-hydrogen) atoms. The Labute approximate surface area is 566 Å². The highest BCUT2D eigenvalue weighted by Crippen LogP contribution is 2.30. The van der Waals surface area contributed by atoms with Gasteiger partial charge in [0, 0.05) is 6.42 Å². The molecule has 0 bridgehead atoms. The Morgan fingerprint density at radius 2 is 0.742 bits per heavy atom. The number of nitrogens with one attached hydrogen (secondary N) is 1. The number of allylic oxidation sites excluding steroid dienone is 15. The number of hydrogen-bond donors (Lipinski definition) is 9. The topological polar surface area (TPSA) is 228 Å². The normalized spacial score (nSPS) is 23.1. The summed E-state index contributed by atoms with van der Waals surface area (Å²) in [5, 5.41) is 87.6. The zero-order valence-electron chi connectivity index (χ0n) is 58.7. The first-order chi connectivity index (χ1) is 45.6. The summed E-state index contributed by atoms with van der Waals surface area (Å²) >= 11 is 0. The molecule has 14 nitrogen and oxygen atoms in total. The van der Waals surface area contributed by atoms with Crippen molar-refractivity contribution in [1.29, 1.82) is 0 Å². The van der Waals surface area contributed by atoms with Crippen LogP contribution in [0.1, 0.15) is 303 Å². The van der Waals surface area contributed by atoms with Gasteiger partial charge in [0.05, 0.1) is 32.0 Å². The molecule has 538 valence electrons. The third-order valence-electron chi connectivity index (χ3n) is 18.0. The van der Waals surface area contributed by atoms with E-state index in [4.69, 9.17) is 18.9 Å². The standard InChI is InChI=1S/C79H139NO13/c1-3-5-7-9-11-13-15-17-19-21-23-25-27-29-31-32-33-34-35-37-38-40-42-44-46-48-50-52-54-56-58-60-62-68(83)67(66-90-78-76(89)74(87)77(70(65-82)92-78)93-79-75(88)73(86)72(85)69(64-81)91-79)80-71(84)63-61-59-57-55-53-51-49-47-45-43-41-39-36-30-28-26-24-22-20-18-16-14-12-10-8-6-4-2/h6,8,12,14,18,20,24,26,30,36,41,43,47,49,60,62,67-70,72-79,81-83,85-89H,3-5,7,9-11,13,15-17,19,21-23,25,27-29,31-35,37-40,42,44-46,48,50-59,61,63-66H2,1-2H3,(H,80,84)/b8-6-,14-12-,20-18-,26-24-,36-30-,43-41-,49-47-,62-60+. The number of rotatable bonds is 62. The van der Waals surface area contributed by atoms with Crippen LogP contribution in [0.25, 0.3) is 0 Å². The highest BCUT2D eigenvalue weighted by Gasteiger charge is 2.51. The highest BCUT2D eigenvalue weighted by atomic mass is 16.7. The van der Waals surface area contributed by atoms with Crippen molar-refractivity contribution >= 4 is 5.91 Å². The van der Waals surface area contributed by atoms with Crippen LogP contribution in [0.5, 0.6) is 0 Å². The minimum atomic E-state index is -1.80. The van der Waals surface area contributed by atoms with Crippen molar-refractivity contribution in [3.63, 3.8) is 0 Å². The molecular formula is C79H139NO13. The number of carbonyl (C=O) groups excluding carboxylic acids is 1. The van der Waals surface area contributed by atoms with E-state index in [-0.39, 0.29) is 18.9 Å². The van der Waals surface area contributed by atoms with Gasteiger partial charge in [-0.2, -0.15) is 0 Å². The van der Waals surface area contributed by atoms with Crippen LogP contribution in [0.2, 0.25) is 0 Å². The lowest BCUT2D eigenvalue weighted by molar-refractivity contribution is -0.359. The van der Waals surface area contributed by atoms with E-state index < -0.39 is 86.8 Å². The zero-order chi connectivity index (χ0) is 67.3. The Morgan fingerprint density at radius 1 is 0.398 bits per heavy atom. The molecule has 0 spiro atoms. The second-order valence-electron chi connectivity index (χ2n) is 26.4. The van der Waals surface area contributed by atoms with Gasteiger partial charge in [-0.05, 0) is 77.0 Å². The molecule has 0 aromatic heterocycles. The van der Waals surface area contributed by atoms with Gasteiger partial charge in [0.15, 0.2) is 12.6 Å². The summed E-state index contributed by atoms with van der Waals surface area (Å²) < 4.78 is 22.9. The number of unbranched alkanes of at least 4 members (excludes halogenated alkanes) is 35. The summed E-state index contributed by atoms with van der Waals surface area (Å²) in [5.74, 6) is -0.259. The van der Waals surface area contributed by atoms with Gasteiger partial charge < -0.3 is 65.1 Å². The van der Waals surface area contributed by atoms with Gasteiger partial charge in [-0.25, -0.2) is 0 Å². The number of aliphatic hydroxyl groups excluding tert-OH is 8. The third-order valence-corrected chi connectivity index (χ3v) is 18.0. The SMILES string of the molecule is CC/C=C\C/C=C\C/C=C\C/C=C\C/C=C\C/C=C\C/C=C\CCCCCCCC(=O)NC(COC1OC(CO)C(OC2OC(CO)C(O)C(O)C2O)C(O)C1O)C(O)/C=C/CCCCCCCCCCCCCCCCCCCCCCCCCCCCCCCC. The minimum absolute atomic E-state index is 0.253. The molecule has 0 saturated carbocycles. The van der Waals surface area contributed by atoms with E-state index in [0.717, 1.165) is 96.3 Å². The molecule has 9 N–H and O–H groups in total. The number of carbonyl (C=O) groups is 1. The van der Waals surface area contributed by atoms with E-state index in [0.29, 0.717) is 6.42 Å². The van der Waals surface area contributed by atoms with Crippen LogP contribution >= 0.6 is 0 Å². The van der Waals surface area contributed by atoms with E-state index in [1.807, 2.05) is 6.08 Å².